The van der Waals surface area contributed by atoms with E-state index in [0.29, 0.717) is 42.7 Å². The number of nitrogens with one attached hydrogen (secondary N) is 1. The van der Waals surface area contributed by atoms with E-state index in [2.05, 4.69) is 21.2 Å². The lowest BCUT2D eigenvalue weighted by Gasteiger charge is -2.30. The fourth-order valence-electron chi connectivity index (χ4n) is 2.46. The van der Waals surface area contributed by atoms with Crippen LogP contribution in [0.5, 0.6) is 0 Å². The fourth-order valence-corrected chi connectivity index (χ4v) is 2.84. The van der Waals surface area contributed by atoms with E-state index in [4.69, 9.17) is 4.74 Å². The van der Waals surface area contributed by atoms with Crippen molar-refractivity contribution in [3.05, 3.63) is 28.7 Å². The summed E-state index contributed by atoms with van der Waals surface area (Å²) in [5, 5.41) is 2.59. The van der Waals surface area contributed by atoms with Crippen molar-refractivity contribution in [2.24, 2.45) is 5.92 Å². The van der Waals surface area contributed by atoms with Gasteiger partial charge < -0.3 is 15.0 Å². The lowest BCUT2D eigenvalue weighted by Crippen LogP contribution is -2.45. The number of carbonyl (C=O) groups is 3. The molecule has 7 heteroatoms. The first kappa shape index (κ1) is 17.5. The minimum atomic E-state index is -0.675. The molecule has 1 N–H and O–H groups in total. The Bertz CT molecular complexity index is 597. The van der Waals surface area contributed by atoms with Gasteiger partial charge in [0.15, 0.2) is 0 Å². The maximum Gasteiger partial charge on any atom is 0.313 e. The normalized spacial score (nSPS) is 15.1. The average Bonchev–Trinajstić information content (AvgIpc) is 2.56. The molecule has 0 spiro atoms. The number of amides is 2. The highest BCUT2D eigenvalue weighted by Gasteiger charge is 2.30. The molecule has 1 heterocycles. The monoisotopic (exact) mass is 382 g/mol. The molecule has 0 bridgehead atoms. The summed E-state index contributed by atoms with van der Waals surface area (Å²) in [4.78, 5) is 37.4. The SMILES string of the molecule is CCOC(=O)C1CCN(C(=O)C(=O)Nc2ccccc2Br)CC1. The molecule has 124 valence electrons. The van der Waals surface area contributed by atoms with Gasteiger partial charge in [-0.05, 0) is 47.8 Å². The fraction of sp³-hybridized carbons (Fsp3) is 0.438. The van der Waals surface area contributed by atoms with Crippen LogP contribution in [0.25, 0.3) is 0 Å². The molecule has 1 aliphatic rings. The summed E-state index contributed by atoms with van der Waals surface area (Å²) in [6, 6.07) is 7.09. The Morgan fingerprint density at radius 2 is 1.91 bits per heavy atom. The molecule has 2 rings (SSSR count). The summed E-state index contributed by atoms with van der Waals surface area (Å²) in [6.07, 6.45) is 1.04. The van der Waals surface area contributed by atoms with Gasteiger partial charge >= 0.3 is 17.8 Å². The summed E-state index contributed by atoms with van der Waals surface area (Å²) in [6.45, 7) is 2.88. The van der Waals surface area contributed by atoms with Gasteiger partial charge in [-0.3, -0.25) is 14.4 Å². The van der Waals surface area contributed by atoms with Crippen molar-refractivity contribution < 1.29 is 19.1 Å². The number of para-hydroxylation sites is 1. The van der Waals surface area contributed by atoms with Crippen LogP contribution in [-0.2, 0) is 19.1 Å². The van der Waals surface area contributed by atoms with Gasteiger partial charge in [-0.1, -0.05) is 12.1 Å². The van der Waals surface area contributed by atoms with E-state index in [1.54, 1.807) is 25.1 Å². The van der Waals surface area contributed by atoms with Crippen molar-refractivity contribution in [3.63, 3.8) is 0 Å². The highest BCUT2D eigenvalue weighted by molar-refractivity contribution is 9.10. The molecule has 1 aliphatic heterocycles. The van der Waals surface area contributed by atoms with Crippen molar-refractivity contribution in [1.82, 2.24) is 4.90 Å². The second-order valence-corrected chi connectivity index (χ2v) is 6.11. The van der Waals surface area contributed by atoms with Gasteiger partial charge in [0.1, 0.15) is 0 Å². The number of ether oxygens (including phenoxy) is 1. The van der Waals surface area contributed by atoms with Crippen LogP contribution in [0, 0.1) is 5.92 Å². The molecule has 0 saturated carbocycles. The van der Waals surface area contributed by atoms with Crippen LogP contribution in [0.3, 0.4) is 0 Å². The van der Waals surface area contributed by atoms with Gasteiger partial charge in [0.25, 0.3) is 0 Å². The number of benzene rings is 1. The summed E-state index contributed by atoms with van der Waals surface area (Å²) < 4.78 is 5.70. The number of rotatable bonds is 3. The molecule has 1 fully saturated rings. The number of nitrogens with zero attached hydrogens (tertiary/aromatic N) is 1. The number of likely N-dealkylation sites (tertiary alicyclic amines) is 1. The van der Waals surface area contributed by atoms with Gasteiger partial charge in [-0.25, -0.2) is 0 Å². The maximum absolute atomic E-state index is 12.2. The summed E-state index contributed by atoms with van der Waals surface area (Å²) in [5.41, 5.74) is 0.548. The van der Waals surface area contributed by atoms with Crippen molar-refractivity contribution in [2.75, 3.05) is 25.0 Å². The van der Waals surface area contributed by atoms with Gasteiger partial charge in [-0.15, -0.1) is 0 Å². The zero-order chi connectivity index (χ0) is 16.8. The zero-order valence-corrected chi connectivity index (χ0v) is 14.5. The molecular weight excluding hydrogens is 364 g/mol. The Hall–Kier alpha value is -1.89. The van der Waals surface area contributed by atoms with Crippen LogP contribution in [0.2, 0.25) is 0 Å². The topological polar surface area (TPSA) is 75.7 Å². The Morgan fingerprint density at radius 1 is 1.26 bits per heavy atom. The first-order valence-electron chi connectivity index (χ1n) is 7.54. The number of carbonyl (C=O) groups excluding carboxylic acids is 3. The predicted molar refractivity (Wildman–Crippen MR) is 88.7 cm³/mol. The van der Waals surface area contributed by atoms with Crippen molar-refractivity contribution in [1.29, 1.82) is 0 Å². The molecule has 0 unspecified atom stereocenters. The van der Waals surface area contributed by atoms with Crippen LogP contribution in [-0.4, -0.2) is 42.4 Å². The molecule has 0 radical (unpaired) electrons. The van der Waals surface area contributed by atoms with E-state index in [1.165, 1.54) is 4.90 Å². The van der Waals surface area contributed by atoms with Crippen LogP contribution < -0.4 is 5.32 Å². The summed E-state index contributed by atoms with van der Waals surface area (Å²) in [5.74, 6) is -1.67. The van der Waals surface area contributed by atoms with Crippen LogP contribution in [0.15, 0.2) is 28.7 Å². The summed E-state index contributed by atoms with van der Waals surface area (Å²) >= 11 is 3.32. The Balaban J connectivity index is 1.88. The molecule has 2 amide bonds. The van der Waals surface area contributed by atoms with E-state index in [1.807, 2.05) is 6.07 Å². The Kier molecular flexibility index (Phi) is 6.15. The molecule has 0 aromatic heterocycles. The number of anilines is 1. The van der Waals surface area contributed by atoms with Crippen molar-refractivity contribution >= 4 is 39.4 Å². The van der Waals surface area contributed by atoms with Crippen LogP contribution in [0.1, 0.15) is 19.8 Å². The van der Waals surface area contributed by atoms with E-state index in [9.17, 15) is 14.4 Å². The van der Waals surface area contributed by atoms with Gasteiger partial charge in [-0.2, -0.15) is 0 Å². The smallest absolute Gasteiger partial charge is 0.313 e. The largest absolute Gasteiger partial charge is 0.466 e. The lowest BCUT2D eigenvalue weighted by atomic mass is 9.97. The molecule has 6 nitrogen and oxygen atoms in total. The van der Waals surface area contributed by atoms with Gasteiger partial charge in [0, 0.05) is 17.6 Å². The Morgan fingerprint density at radius 3 is 2.52 bits per heavy atom. The molecule has 23 heavy (non-hydrogen) atoms. The number of esters is 1. The first-order valence-corrected chi connectivity index (χ1v) is 8.33. The average molecular weight is 383 g/mol. The standard InChI is InChI=1S/C16H19BrN2O4/c1-2-23-16(22)11-7-9-19(10-8-11)15(21)14(20)18-13-6-4-3-5-12(13)17/h3-6,11H,2,7-10H2,1H3,(H,18,20). The molecule has 1 aromatic rings. The van der Waals surface area contributed by atoms with Crippen LogP contribution >= 0.6 is 15.9 Å². The summed E-state index contributed by atoms with van der Waals surface area (Å²) in [7, 11) is 0. The van der Waals surface area contributed by atoms with E-state index < -0.39 is 11.8 Å². The first-order chi connectivity index (χ1) is 11.0. The third-order valence-electron chi connectivity index (χ3n) is 3.72. The van der Waals surface area contributed by atoms with Crippen LogP contribution in [0.4, 0.5) is 5.69 Å². The number of halogens is 1. The molecule has 0 aliphatic carbocycles. The quantitative estimate of drug-likeness (QED) is 0.642. The van der Waals surface area contributed by atoms with Crippen molar-refractivity contribution in [3.8, 4) is 0 Å². The van der Waals surface area contributed by atoms with E-state index >= 15 is 0 Å². The number of hydrogen-bond donors (Lipinski definition) is 1. The molecule has 1 aromatic carbocycles. The molecule has 0 atom stereocenters. The van der Waals surface area contributed by atoms with Gasteiger partial charge in [0.2, 0.25) is 0 Å². The second-order valence-electron chi connectivity index (χ2n) is 5.25. The Labute approximate surface area is 143 Å². The highest BCUT2D eigenvalue weighted by Crippen LogP contribution is 2.22. The highest BCUT2D eigenvalue weighted by atomic mass is 79.9. The van der Waals surface area contributed by atoms with Gasteiger partial charge in [0.05, 0.1) is 18.2 Å². The minimum Gasteiger partial charge on any atom is -0.466 e. The van der Waals surface area contributed by atoms with E-state index in [0.717, 1.165) is 0 Å². The minimum absolute atomic E-state index is 0.190. The lowest BCUT2D eigenvalue weighted by molar-refractivity contribution is -0.152. The predicted octanol–water partition coefficient (Wildman–Crippen LogP) is 2.19. The second kappa shape index (κ2) is 8.10. The number of hydrogen-bond acceptors (Lipinski definition) is 4. The zero-order valence-electron chi connectivity index (χ0n) is 12.9. The third kappa shape index (κ3) is 4.54. The van der Waals surface area contributed by atoms with E-state index in [-0.39, 0.29) is 11.9 Å². The maximum atomic E-state index is 12.2. The molecular formula is C16H19BrN2O4. The number of piperidine rings is 1. The van der Waals surface area contributed by atoms with Crippen molar-refractivity contribution in [2.45, 2.75) is 19.8 Å². The molecule has 1 saturated heterocycles. The third-order valence-corrected chi connectivity index (χ3v) is 4.41.